The largest absolute Gasteiger partial charge is 0.445 e. The minimum absolute atomic E-state index is 0.0716. The molecule has 0 aliphatic carbocycles. The fourth-order valence-electron chi connectivity index (χ4n) is 7.43. The number of para-hydroxylation sites is 1. The highest BCUT2D eigenvalue weighted by Crippen LogP contribution is 2.39. The number of anilines is 2. The van der Waals surface area contributed by atoms with Crippen LogP contribution in [0, 0.1) is 5.82 Å². The number of aromatic nitrogens is 2. The van der Waals surface area contributed by atoms with Gasteiger partial charge in [-0.25, -0.2) is 14.0 Å². The average molecular weight is 640 g/mol. The molecule has 0 saturated carbocycles. The molecule has 0 bridgehead atoms. The average Bonchev–Trinajstić information content (AvgIpc) is 3.49. The summed E-state index contributed by atoms with van der Waals surface area (Å²) in [5.41, 5.74) is 3.54. The van der Waals surface area contributed by atoms with E-state index in [0.717, 1.165) is 39.7 Å². The van der Waals surface area contributed by atoms with Crippen LogP contribution < -0.4 is 10.2 Å². The molecule has 7 rings (SSSR count). The molecule has 47 heavy (non-hydrogen) atoms. The number of urea groups is 1. The first kappa shape index (κ1) is 30.7. The third kappa shape index (κ3) is 6.12. The molecule has 1 aromatic heterocycles. The summed E-state index contributed by atoms with van der Waals surface area (Å²) in [6.45, 7) is 3.32. The van der Waals surface area contributed by atoms with Gasteiger partial charge in [0, 0.05) is 74.9 Å². The number of fused-ring (bicyclic) bond motifs is 2. The first-order valence-corrected chi connectivity index (χ1v) is 16.1. The Bertz CT molecular complexity index is 1760. The van der Waals surface area contributed by atoms with E-state index >= 15 is 0 Å². The van der Waals surface area contributed by atoms with E-state index < -0.39 is 11.8 Å². The van der Waals surface area contributed by atoms with Crippen molar-refractivity contribution in [1.82, 2.24) is 24.9 Å². The highest BCUT2D eigenvalue weighted by atomic mass is 19.1. The molecule has 3 amide bonds. The normalized spacial score (nSPS) is 22.0. The second-order valence-electron chi connectivity index (χ2n) is 12.5. The van der Waals surface area contributed by atoms with Gasteiger partial charge in [-0.05, 0) is 66.4 Å². The number of hydrogen-bond acceptors (Lipinski definition) is 7. The summed E-state index contributed by atoms with van der Waals surface area (Å²) in [6.07, 6.45) is 3.84. The van der Waals surface area contributed by atoms with Gasteiger partial charge in [0.25, 0.3) is 0 Å². The number of carbonyl (C=O) groups excluding carboxylic acids is 3. The zero-order valence-electron chi connectivity index (χ0n) is 26.1. The van der Waals surface area contributed by atoms with Crippen molar-refractivity contribution in [2.45, 2.75) is 44.0 Å². The Labute approximate surface area is 272 Å². The van der Waals surface area contributed by atoms with Crippen LogP contribution in [0.1, 0.15) is 30.4 Å². The van der Waals surface area contributed by atoms with Crippen LogP contribution >= 0.6 is 0 Å². The van der Waals surface area contributed by atoms with E-state index in [1.165, 1.54) is 12.1 Å². The first-order chi connectivity index (χ1) is 22.9. The topological polar surface area (TPSA) is 114 Å². The van der Waals surface area contributed by atoms with Gasteiger partial charge in [-0.15, -0.1) is 0 Å². The third-order valence-corrected chi connectivity index (χ3v) is 9.89. The van der Waals surface area contributed by atoms with Gasteiger partial charge in [0.2, 0.25) is 0 Å². The van der Waals surface area contributed by atoms with Crippen molar-refractivity contribution >= 4 is 40.7 Å². The van der Waals surface area contributed by atoms with Gasteiger partial charge < -0.3 is 24.6 Å². The number of carbonyl (C=O) groups is 3. The number of H-pyrrole nitrogens is 1. The molecule has 244 valence electrons. The van der Waals surface area contributed by atoms with Crippen molar-refractivity contribution in [2.24, 2.45) is 0 Å². The monoisotopic (exact) mass is 639 g/mol. The maximum atomic E-state index is 14.0. The predicted octanol–water partition coefficient (Wildman–Crippen LogP) is 5.00. The Morgan fingerprint density at radius 3 is 2.64 bits per heavy atom. The number of amides is 3. The molecule has 2 saturated heterocycles. The van der Waals surface area contributed by atoms with E-state index in [-0.39, 0.29) is 30.9 Å². The number of piperazine rings is 1. The first-order valence-electron chi connectivity index (χ1n) is 16.1. The molecule has 11 nitrogen and oxygen atoms in total. The zero-order chi connectivity index (χ0) is 32.4. The van der Waals surface area contributed by atoms with Gasteiger partial charge >= 0.3 is 12.1 Å². The van der Waals surface area contributed by atoms with Gasteiger partial charge in [-0.2, -0.15) is 5.10 Å². The molecule has 0 spiro atoms. The number of nitrogens with zero attached hydrogens (tertiary/aromatic N) is 5. The summed E-state index contributed by atoms with van der Waals surface area (Å²) in [4.78, 5) is 48.0. The number of likely N-dealkylation sites (tertiary alicyclic amines) is 1. The Morgan fingerprint density at radius 2 is 1.83 bits per heavy atom. The Hall–Kier alpha value is -4.97. The number of hydrogen-bond donors (Lipinski definition) is 2. The highest BCUT2D eigenvalue weighted by molar-refractivity contribution is 5.91. The molecule has 0 unspecified atom stereocenters. The van der Waals surface area contributed by atoms with Gasteiger partial charge in [-0.3, -0.25) is 14.9 Å². The second kappa shape index (κ2) is 13.0. The van der Waals surface area contributed by atoms with Crippen molar-refractivity contribution in [3.63, 3.8) is 0 Å². The van der Waals surface area contributed by atoms with Crippen molar-refractivity contribution in [3.05, 3.63) is 89.9 Å². The SMILES string of the molecule is O=CC[C@@]1(N2CCN(c3ccc(F)cc3)CC2)C[C@H](N2CCc3ccccc3NC2=O)CCN1C(=O)OCc1ccc2[nH]ncc2c1. The van der Waals surface area contributed by atoms with Crippen molar-refractivity contribution in [3.8, 4) is 0 Å². The molecular weight excluding hydrogens is 601 g/mol. The van der Waals surface area contributed by atoms with Crippen LogP contribution in [0.15, 0.2) is 72.9 Å². The third-order valence-electron chi connectivity index (χ3n) is 9.89. The van der Waals surface area contributed by atoms with E-state index in [1.807, 2.05) is 47.4 Å². The molecule has 3 aliphatic rings. The summed E-state index contributed by atoms with van der Waals surface area (Å²) in [5.74, 6) is -0.287. The minimum atomic E-state index is -0.995. The van der Waals surface area contributed by atoms with Crippen LogP contribution in [0.4, 0.5) is 25.4 Å². The number of rotatable bonds is 7. The van der Waals surface area contributed by atoms with E-state index in [4.69, 9.17) is 4.74 Å². The number of benzene rings is 3. The Kier molecular flexibility index (Phi) is 8.50. The van der Waals surface area contributed by atoms with Crippen LogP contribution in [0.2, 0.25) is 0 Å². The molecule has 2 atom stereocenters. The van der Waals surface area contributed by atoms with Gasteiger partial charge in [0.1, 0.15) is 24.4 Å². The summed E-state index contributed by atoms with van der Waals surface area (Å²) >= 11 is 0. The van der Waals surface area contributed by atoms with Crippen LogP contribution in [0.25, 0.3) is 10.9 Å². The number of nitrogens with one attached hydrogen (secondary N) is 2. The fourth-order valence-corrected chi connectivity index (χ4v) is 7.43. The van der Waals surface area contributed by atoms with Crippen LogP contribution in [0.5, 0.6) is 0 Å². The molecule has 3 aliphatic heterocycles. The molecule has 0 radical (unpaired) electrons. The molecule has 4 aromatic rings. The van der Waals surface area contributed by atoms with Crippen LogP contribution in [-0.2, 0) is 22.6 Å². The molecule has 2 N–H and O–H groups in total. The van der Waals surface area contributed by atoms with E-state index in [1.54, 1.807) is 23.2 Å². The minimum Gasteiger partial charge on any atom is -0.445 e. The second-order valence-corrected chi connectivity index (χ2v) is 12.5. The highest BCUT2D eigenvalue weighted by Gasteiger charge is 2.51. The lowest BCUT2D eigenvalue weighted by Crippen LogP contribution is -2.71. The Balaban J connectivity index is 1.14. The predicted molar refractivity (Wildman–Crippen MR) is 175 cm³/mol. The van der Waals surface area contributed by atoms with Crippen molar-refractivity contribution < 1.29 is 23.5 Å². The number of aromatic amines is 1. The van der Waals surface area contributed by atoms with Gasteiger partial charge in [0.15, 0.2) is 0 Å². The molecule has 4 heterocycles. The molecule has 3 aromatic carbocycles. The maximum absolute atomic E-state index is 14.0. The summed E-state index contributed by atoms with van der Waals surface area (Å²) < 4.78 is 19.5. The maximum Gasteiger partial charge on any atom is 0.411 e. The quantitative estimate of drug-likeness (QED) is 0.274. The zero-order valence-corrected chi connectivity index (χ0v) is 26.1. The number of aldehydes is 1. The number of ether oxygens (including phenoxy) is 1. The van der Waals surface area contributed by atoms with Crippen molar-refractivity contribution in [1.29, 1.82) is 0 Å². The van der Waals surface area contributed by atoms with E-state index in [0.29, 0.717) is 58.5 Å². The lowest BCUT2D eigenvalue weighted by atomic mass is 9.86. The standard InChI is InChI=1S/C35H38FN7O4/c36-28-6-8-29(9-7-28)40-16-18-41(19-17-40)35(13-20-44)22-30(42-14-11-26-3-1-2-4-31(26)38-33(42)45)12-15-43(35)34(46)47-24-25-5-10-32-27(21-25)23-37-39-32/h1-10,20-21,23,30H,11-19,22,24H2,(H,37,39)(H,38,45)/t30-,35+/m1/s1. The van der Waals surface area contributed by atoms with Gasteiger partial charge in [-0.1, -0.05) is 24.3 Å². The van der Waals surface area contributed by atoms with Crippen LogP contribution in [-0.4, -0.2) is 94.3 Å². The smallest absolute Gasteiger partial charge is 0.411 e. The lowest BCUT2D eigenvalue weighted by molar-refractivity contribution is -0.124. The molecule has 12 heteroatoms. The molecular formula is C35H38FN7O4. The van der Waals surface area contributed by atoms with E-state index in [9.17, 15) is 18.8 Å². The van der Waals surface area contributed by atoms with Crippen molar-refractivity contribution in [2.75, 3.05) is 49.5 Å². The number of halogens is 1. The van der Waals surface area contributed by atoms with Gasteiger partial charge in [0.05, 0.1) is 11.7 Å². The lowest BCUT2D eigenvalue weighted by Gasteiger charge is -2.56. The summed E-state index contributed by atoms with van der Waals surface area (Å²) in [6, 6.07) is 19.6. The van der Waals surface area contributed by atoms with E-state index in [2.05, 4.69) is 25.3 Å². The Morgan fingerprint density at radius 1 is 1.02 bits per heavy atom. The summed E-state index contributed by atoms with van der Waals surface area (Å²) in [5, 5.41) is 11.0. The molecule has 2 fully saturated rings. The fraction of sp³-hybridized carbons (Fsp3) is 0.371. The van der Waals surface area contributed by atoms with Crippen LogP contribution in [0.3, 0.4) is 0 Å². The number of piperidine rings is 1. The summed E-state index contributed by atoms with van der Waals surface area (Å²) in [7, 11) is 0.